The van der Waals surface area contributed by atoms with Crippen LogP contribution in [-0.4, -0.2) is 39.6 Å². The van der Waals surface area contributed by atoms with Crippen molar-refractivity contribution >= 4 is 11.9 Å². The zero-order valence-corrected chi connectivity index (χ0v) is 13.1. The number of aromatic nitrogens is 1. The number of pyridine rings is 1. The lowest BCUT2D eigenvalue weighted by molar-refractivity contribution is -0.389. The number of ether oxygens (including phenoxy) is 1. The van der Waals surface area contributed by atoms with E-state index in [4.69, 9.17) is 4.74 Å². The van der Waals surface area contributed by atoms with E-state index >= 15 is 0 Å². The Labute approximate surface area is 129 Å². The van der Waals surface area contributed by atoms with Gasteiger partial charge in [0.1, 0.15) is 11.8 Å². The maximum Gasteiger partial charge on any atom is 0.410 e. The normalized spacial score (nSPS) is 16.4. The summed E-state index contributed by atoms with van der Waals surface area (Å²) in [5, 5.41) is 10.6. The van der Waals surface area contributed by atoms with Crippen molar-refractivity contribution in [3.05, 3.63) is 34.0 Å². The summed E-state index contributed by atoms with van der Waals surface area (Å²) < 4.78 is 5.36. The highest BCUT2D eigenvalue weighted by molar-refractivity contribution is 5.68. The molecule has 1 aromatic rings. The molecule has 2 heterocycles. The summed E-state index contributed by atoms with van der Waals surface area (Å²) in [6.07, 6.45) is 2.89. The summed E-state index contributed by atoms with van der Waals surface area (Å²) in [6, 6.07) is 3.18. The van der Waals surface area contributed by atoms with Crippen molar-refractivity contribution in [1.29, 1.82) is 0 Å². The maximum atomic E-state index is 12.0. The molecule has 7 nitrogen and oxygen atoms in total. The van der Waals surface area contributed by atoms with E-state index in [0.29, 0.717) is 13.1 Å². The van der Waals surface area contributed by atoms with Crippen molar-refractivity contribution in [3.63, 3.8) is 0 Å². The van der Waals surface area contributed by atoms with Crippen LogP contribution in [0.2, 0.25) is 0 Å². The van der Waals surface area contributed by atoms with Crippen LogP contribution < -0.4 is 0 Å². The molecule has 120 valence electrons. The molecule has 1 amide bonds. The number of nitro groups is 1. The Morgan fingerprint density at radius 3 is 2.45 bits per heavy atom. The van der Waals surface area contributed by atoms with Gasteiger partial charge in [-0.2, -0.15) is 0 Å². The first-order valence-corrected chi connectivity index (χ1v) is 7.34. The average molecular weight is 307 g/mol. The molecule has 1 saturated heterocycles. The summed E-state index contributed by atoms with van der Waals surface area (Å²) in [5.41, 5.74) is 0.491. The van der Waals surface area contributed by atoms with Crippen molar-refractivity contribution in [3.8, 4) is 0 Å². The molecule has 2 rings (SSSR count). The number of hydrogen-bond acceptors (Lipinski definition) is 5. The molecule has 22 heavy (non-hydrogen) atoms. The average Bonchev–Trinajstić information content (AvgIpc) is 2.46. The SMILES string of the molecule is CC(C)(C)OC(=O)N1CCC(c2ccc([N+](=O)[O-])nc2)CC1. The van der Waals surface area contributed by atoms with Crippen molar-refractivity contribution in [2.75, 3.05) is 13.1 Å². The van der Waals surface area contributed by atoms with Crippen LogP contribution in [0.25, 0.3) is 0 Å². The number of hydrogen-bond donors (Lipinski definition) is 0. The first-order chi connectivity index (χ1) is 10.3. The van der Waals surface area contributed by atoms with E-state index in [0.717, 1.165) is 18.4 Å². The highest BCUT2D eigenvalue weighted by Crippen LogP contribution is 2.28. The molecule has 1 aliphatic heterocycles. The molecule has 0 unspecified atom stereocenters. The molecule has 0 saturated carbocycles. The maximum absolute atomic E-state index is 12.0. The summed E-state index contributed by atoms with van der Waals surface area (Å²) >= 11 is 0. The van der Waals surface area contributed by atoms with Crippen molar-refractivity contribution in [2.24, 2.45) is 0 Å². The fourth-order valence-electron chi connectivity index (χ4n) is 2.47. The van der Waals surface area contributed by atoms with Crippen LogP contribution in [0, 0.1) is 10.1 Å². The van der Waals surface area contributed by atoms with Gasteiger partial charge in [-0.25, -0.2) is 4.79 Å². The zero-order chi connectivity index (χ0) is 16.3. The Hall–Kier alpha value is -2.18. The lowest BCUT2D eigenvalue weighted by Crippen LogP contribution is -2.41. The summed E-state index contributed by atoms with van der Waals surface area (Å²) in [6.45, 7) is 6.79. The molecule has 0 bridgehead atoms. The fourth-order valence-corrected chi connectivity index (χ4v) is 2.47. The molecule has 7 heteroatoms. The molecule has 1 fully saturated rings. The van der Waals surface area contributed by atoms with Crippen LogP contribution in [0.1, 0.15) is 45.1 Å². The van der Waals surface area contributed by atoms with E-state index < -0.39 is 10.5 Å². The summed E-state index contributed by atoms with van der Waals surface area (Å²) in [4.78, 5) is 27.7. The van der Waals surface area contributed by atoms with E-state index in [1.54, 1.807) is 17.2 Å². The second kappa shape index (κ2) is 6.29. The molecule has 0 N–H and O–H groups in total. The number of amides is 1. The smallest absolute Gasteiger partial charge is 0.410 e. The summed E-state index contributed by atoms with van der Waals surface area (Å²) in [7, 11) is 0. The Morgan fingerprint density at radius 2 is 2.00 bits per heavy atom. The van der Waals surface area contributed by atoms with Crippen molar-refractivity contribution < 1.29 is 14.5 Å². The number of nitrogens with zero attached hydrogens (tertiary/aromatic N) is 3. The fraction of sp³-hybridized carbons (Fsp3) is 0.600. The van der Waals surface area contributed by atoms with E-state index in [1.165, 1.54) is 6.07 Å². The first-order valence-electron chi connectivity index (χ1n) is 7.34. The highest BCUT2D eigenvalue weighted by atomic mass is 16.6. The van der Waals surface area contributed by atoms with E-state index in [9.17, 15) is 14.9 Å². The van der Waals surface area contributed by atoms with Crippen LogP contribution in [0.5, 0.6) is 0 Å². The molecule has 0 aliphatic carbocycles. The number of likely N-dealkylation sites (tertiary alicyclic amines) is 1. The van der Waals surface area contributed by atoms with Gasteiger partial charge in [-0.3, -0.25) is 0 Å². The third kappa shape index (κ3) is 4.16. The van der Waals surface area contributed by atoms with E-state index in [-0.39, 0.29) is 17.8 Å². The van der Waals surface area contributed by atoms with Gasteiger partial charge in [-0.1, -0.05) is 0 Å². The van der Waals surface area contributed by atoms with Crippen molar-refractivity contribution in [1.82, 2.24) is 9.88 Å². The Kier molecular flexibility index (Phi) is 4.63. The molecule has 0 spiro atoms. The Morgan fingerprint density at radius 1 is 1.36 bits per heavy atom. The number of carbonyl (C=O) groups excluding carboxylic acids is 1. The third-order valence-corrected chi connectivity index (χ3v) is 3.58. The van der Waals surface area contributed by atoms with Crippen LogP contribution in [-0.2, 0) is 4.74 Å². The van der Waals surface area contributed by atoms with Crippen molar-refractivity contribution in [2.45, 2.75) is 45.1 Å². The minimum Gasteiger partial charge on any atom is -0.444 e. The lowest BCUT2D eigenvalue weighted by Gasteiger charge is -2.33. The summed E-state index contributed by atoms with van der Waals surface area (Å²) in [5.74, 6) is 0.127. The second-order valence-corrected chi connectivity index (χ2v) is 6.45. The molecule has 1 aromatic heterocycles. The minimum absolute atomic E-state index is 0.144. The molecule has 0 aromatic carbocycles. The largest absolute Gasteiger partial charge is 0.444 e. The van der Waals surface area contributed by atoms with E-state index in [1.807, 2.05) is 20.8 Å². The molecule has 0 atom stereocenters. The lowest BCUT2D eigenvalue weighted by atomic mass is 9.91. The number of piperidine rings is 1. The quantitative estimate of drug-likeness (QED) is 0.619. The Bertz CT molecular complexity index is 543. The zero-order valence-electron chi connectivity index (χ0n) is 13.1. The minimum atomic E-state index is -0.505. The number of rotatable bonds is 2. The van der Waals surface area contributed by atoms with Gasteiger partial charge in [0, 0.05) is 19.2 Å². The van der Waals surface area contributed by atoms with E-state index in [2.05, 4.69) is 4.98 Å². The molecule has 0 radical (unpaired) electrons. The van der Waals surface area contributed by atoms with Crippen LogP contribution >= 0.6 is 0 Å². The number of carbonyl (C=O) groups is 1. The van der Waals surface area contributed by atoms with Gasteiger partial charge in [0.15, 0.2) is 0 Å². The van der Waals surface area contributed by atoms with Gasteiger partial charge in [-0.15, -0.1) is 0 Å². The third-order valence-electron chi connectivity index (χ3n) is 3.58. The van der Waals surface area contributed by atoms with Crippen LogP contribution in [0.4, 0.5) is 10.6 Å². The molecular formula is C15H21N3O4. The van der Waals surface area contributed by atoms with Gasteiger partial charge in [-0.05, 0) is 61.1 Å². The van der Waals surface area contributed by atoms with Gasteiger partial charge in [0.2, 0.25) is 0 Å². The van der Waals surface area contributed by atoms with Gasteiger partial charge in [0.25, 0.3) is 0 Å². The van der Waals surface area contributed by atoms with Gasteiger partial charge in [0.05, 0.1) is 0 Å². The second-order valence-electron chi connectivity index (χ2n) is 6.45. The molecular weight excluding hydrogens is 286 g/mol. The standard InChI is InChI=1S/C15H21N3O4/c1-15(2,3)22-14(19)17-8-6-11(7-9-17)12-4-5-13(16-10-12)18(20)21/h4-5,10-11H,6-9H2,1-3H3. The van der Waals surface area contributed by atoms with Gasteiger partial charge < -0.3 is 19.8 Å². The molecule has 1 aliphatic rings. The highest BCUT2D eigenvalue weighted by Gasteiger charge is 2.28. The predicted octanol–water partition coefficient (Wildman–Crippen LogP) is 3.10. The monoisotopic (exact) mass is 307 g/mol. The topological polar surface area (TPSA) is 85.6 Å². The first kappa shape index (κ1) is 16.2. The van der Waals surface area contributed by atoms with Gasteiger partial charge >= 0.3 is 11.9 Å². The van der Waals surface area contributed by atoms with Crippen LogP contribution in [0.15, 0.2) is 18.3 Å². The van der Waals surface area contributed by atoms with Crippen LogP contribution in [0.3, 0.4) is 0 Å². The Balaban J connectivity index is 1.91. The predicted molar refractivity (Wildman–Crippen MR) is 80.7 cm³/mol.